The van der Waals surface area contributed by atoms with Gasteiger partial charge in [0.1, 0.15) is 0 Å². The molecule has 0 saturated carbocycles. The topological polar surface area (TPSA) is 18.5 Å². The summed E-state index contributed by atoms with van der Waals surface area (Å²) in [4.78, 5) is 0. The number of aryl methyl sites for hydroxylation is 1. The van der Waals surface area contributed by atoms with Gasteiger partial charge in [0.15, 0.2) is 16.6 Å². The smallest absolute Gasteiger partial charge is 0.184 e. The van der Waals surface area contributed by atoms with E-state index in [1.807, 2.05) is 0 Å². The molecule has 0 N–H and O–H groups in total. The molecule has 0 bridgehead atoms. The van der Waals surface area contributed by atoms with Gasteiger partial charge in [-0.3, -0.25) is 0 Å². The fraction of sp³-hybridized carbons (Fsp3) is 0.684. The lowest BCUT2D eigenvalue weighted by molar-refractivity contribution is 0.292. The summed E-state index contributed by atoms with van der Waals surface area (Å²) < 4.78 is 12.2. The van der Waals surface area contributed by atoms with Crippen LogP contribution in [0, 0.1) is 0 Å². The summed E-state index contributed by atoms with van der Waals surface area (Å²) in [5.41, 5.74) is 4.09. The molecule has 0 spiro atoms. The molecule has 23 heavy (non-hydrogen) atoms. The Morgan fingerprint density at radius 2 is 1.39 bits per heavy atom. The zero-order valence-corrected chi connectivity index (χ0v) is 18.3. The van der Waals surface area contributed by atoms with E-state index in [1.165, 1.54) is 36.0 Å². The van der Waals surface area contributed by atoms with Crippen LogP contribution in [-0.2, 0) is 28.5 Å². The van der Waals surface area contributed by atoms with E-state index in [9.17, 15) is 0 Å². The second-order valence-corrected chi connectivity index (χ2v) is 17.4. The first kappa shape index (κ1) is 20.6. The summed E-state index contributed by atoms with van der Waals surface area (Å²) in [6.45, 7) is 17.2. The van der Waals surface area contributed by atoms with Crippen LogP contribution in [0.2, 0.25) is 39.3 Å². The molecule has 2 nitrogen and oxygen atoms in total. The van der Waals surface area contributed by atoms with Crippen LogP contribution in [0.3, 0.4) is 0 Å². The van der Waals surface area contributed by atoms with Crippen molar-refractivity contribution in [2.24, 2.45) is 0 Å². The number of hydrogen-bond acceptors (Lipinski definition) is 2. The number of rotatable bonds is 10. The van der Waals surface area contributed by atoms with E-state index in [0.29, 0.717) is 0 Å². The molecule has 0 heterocycles. The monoisotopic (exact) mass is 352 g/mol. The molecule has 0 radical (unpaired) electrons. The molecule has 1 aromatic rings. The predicted molar refractivity (Wildman–Crippen MR) is 106 cm³/mol. The van der Waals surface area contributed by atoms with Gasteiger partial charge in [-0.15, -0.1) is 0 Å². The minimum atomic E-state index is -1.49. The lowest BCUT2D eigenvalue weighted by atomic mass is 9.99. The highest BCUT2D eigenvalue weighted by atomic mass is 28.4. The average Bonchev–Trinajstić information content (AvgIpc) is 2.43. The van der Waals surface area contributed by atoms with Crippen molar-refractivity contribution < 1.29 is 8.85 Å². The maximum Gasteiger partial charge on any atom is 0.184 e. The molecule has 0 aromatic heterocycles. The second-order valence-electron chi connectivity index (χ2n) is 8.36. The Labute approximate surface area is 145 Å². The van der Waals surface area contributed by atoms with Crippen molar-refractivity contribution >= 4 is 16.6 Å². The van der Waals surface area contributed by atoms with E-state index in [4.69, 9.17) is 8.85 Å². The first-order valence-electron chi connectivity index (χ1n) is 8.99. The fourth-order valence-electron chi connectivity index (χ4n) is 2.31. The Kier molecular flexibility index (Phi) is 8.21. The molecule has 0 saturated heterocycles. The van der Waals surface area contributed by atoms with Gasteiger partial charge >= 0.3 is 0 Å². The van der Waals surface area contributed by atoms with Crippen molar-refractivity contribution in [3.05, 3.63) is 34.9 Å². The van der Waals surface area contributed by atoms with Gasteiger partial charge in [-0.2, -0.15) is 0 Å². The minimum Gasteiger partial charge on any atom is -0.413 e. The third-order valence-corrected chi connectivity index (χ3v) is 5.67. The normalized spacial score (nSPS) is 12.7. The van der Waals surface area contributed by atoms with Crippen molar-refractivity contribution in [1.82, 2.24) is 0 Å². The Balaban J connectivity index is 2.83. The standard InChI is InChI=1S/C19H36O2Si2/c1-8-9-10-11-18-13-12-17(15-20-22(2,3)4)14-19(18)16-21-23(5,6)7/h12-14H,8-11,15-16H2,1-7H3. The lowest BCUT2D eigenvalue weighted by Crippen LogP contribution is -2.25. The van der Waals surface area contributed by atoms with E-state index in [2.05, 4.69) is 64.4 Å². The van der Waals surface area contributed by atoms with Crippen LogP contribution < -0.4 is 0 Å². The van der Waals surface area contributed by atoms with Crippen molar-refractivity contribution in [2.45, 2.75) is 85.1 Å². The molecule has 0 atom stereocenters. The molecular weight excluding hydrogens is 316 g/mol. The maximum atomic E-state index is 6.17. The molecule has 1 rings (SSSR count). The highest BCUT2D eigenvalue weighted by Crippen LogP contribution is 2.20. The number of hydrogen-bond donors (Lipinski definition) is 0. The van der Waals surface area contributed by atoms with Gasteiger partial charge in [-0.25, -0.2) is 0 Å². The largest absolute Gasteiger partial charge is 0.413 e. The molecule has 0 unspecified atom stereocenters. The highest BCUT2D eigenvalue weighted by Gasteiger charge is 2.17. The van der Waals surface area contributed by atoms with Crippen LogP contribution in [0.25, 0.3) is 0 Å². The van der Waals surface area contributed by atoms with Crippen LogP contribution in [-0.4, -0.2) is 16.6 Å². The third kappa shape index (κ3) is 9.45. The van der Waals surface area contributed by atoms with Crippen molar-refractivity contribution in [3.8, 4) is 0 Å². The van der Waals surface area contributed by atoms with E-state index in [0.717, 1.165) is 19.6 Å². The molecular formula is C19H36O2Si2. The Morgan fingerprint density at radius 3 is 1.96 bits per heavy atom. The van der Waals surface area contributed by atoms with Crippen molar-refractivity contribution in [3.63, 3.8) is 0 Å². The van der Waals surface area contributed by atoms with E-state index in [1.54, 1.807) is 0 Å². The van der Waals surface area contributed by atoms with Crippen LogP contribution >= 0.6 is 0 Å². The summed E-state index contributed by atoms with van der Waals surface area (Å²) in [6.07, 6.45) is 4.99. The van der Waals surface area contributed by atoms with Gasteiger partial charge < -0.3 is 8.85 Å². The Morgan fingerprint density at radius 1 is 0.783 bits per heavy atom. The second kappa shape index (κ2) is 9.16. The Bertz CT molecular complexity index is 473. The van der Waals surface area contributed by atoms with Crippen LogP contribution in [0.5, 0.6) is 0 Å². The molecule has 0 fully saturated rings. The van der Waals surface area contributed by atoms with Crippen LogP contribution in [0.1, 0.15) is 42.9 Å². The molecule has 4 heteroatoms. The van der Waals surface area contributed by atoms with Gasteiger partial charge in [0.25, 0.3) is 0 Å². The van der Waals surface area contributed by atoms with Gasteiger partial charge in [-0.05, 0) is 68.8 Å². The summed E-state index contributed by atoms with van der Waals surface area (Å²) in [5.74, 6) is 0. The zero-order chi connectivity index (χ0) is 17.5. The number of benzene rings is 1. The average molecular weight is 353 g/mol. The molecule has 0 aliphatic heterocycles. The van der Waals surface area contributed by atoms with E-state index < -0.39 is 16.6 Å². The SMILES string of the molecule is CCCCCc1ccc(CO[Si](C)(C)C)cc1CO[Si](C)(C)C. The lowest BCUT2D eigenvalue weighted by Gasteiger charge is -2.21. The molecule has 1 aromatic carbocycles. The molecule has 0 aliphatic rings. The molecule has 0 amide bonds. The Hall–Kier alpha value is -0.426. The number of unbranched alkanes of at least 4 members (excludes halogenated alkanes) is 2. The zero-order valence-electron chi connectivity index (χ0n) is 16.3. The van der Waals surface area contributed by atoms with E-state index in [-0.39, 0.29) is 0 Å². The van der Waals surface area contributed by atoms with Crippen molar-refractivity contribution in [2.75, 3.05) is 0 Å². The van der Waals surface area contributed by atoms with Crippen LogP contribution in [0.4, 0.5) is 0 Å². The summed E-state index contributed by atoms with van der Waals surface area (Å²) in [7, 11) is -2.96. The van der Waals surface area contributed by atoms with Gasteiger partial charge in [0, 0.05) is 0 Å². The first-order chi connectivity index (χ1) is 10.6. The fourth-order valence-corrected chi connectivity index (χ4v) is 3.50. The molecule has 0 aliphatic carbocycles. The van der Waals surface area contributed by atoms with Gasteiger partial charge in [0.2, 0.25) is 0 Å². The van der Waals surface area contributed by atoms with Gasteiger partial charge in [-0.1, -0.05) is 38.0 Å². The summed E-state index contributed by atoms with van der Waals surface area (Å²) in [6, 6.07) is 6.84. The first-order valence-corrected chi connectivity index (χ1v) is 15.8. The summed E-state index contributed by atoms with van der Waals surface area (Å²) >= 11 is 0. The quantitative estimate of drug-likeness (QED) is 0.373. The third-order valence-electron chi connectivity index (χ3n) is 3.65. The minimum absolute atomic E-state index is 0.727. The van der Waals surface area contributed by atoms with Crippen molar-refractivity contribution in [1.29, 1.82) is 0 Å². The van der Waals surface area contributed by atoms with Gasteiger partial charge in [0.05, 0.1) is 13.2 Å². The van der Waals surface area contributed by atoms with E-state index >= 15 is 0 Å². The predicted octanol–water partition coefficient (Wildman–Crippen LogP) is 6.12. The van der Waals surface area contributed by atoms with Crippen LogP contribution in [0.15, 0.2) is 18.2 Å². The molecule has 132 valence electrons. The highest BCUT2D eigenvalue weighted by molar-refractivity contribution is 6.70. The maximum absolute atomic E-state index is 6.17. The summed E-state index contributed by atoms with van der Waals surface area (Å²) in [5, 5.41) is 0.